The summed E-state index contributed by atoms with van der Waals surface area (Å²) in [6.45, 7) is 1.08. The predicted molar refractivity (Wildman–Crippen MR) is 65.0 cm³/mol. The third-order valence-electron chi connectivity index (χ3n) is 1.76. The molecule has 0 heterocycles. The molecule has 2 unspecified atom stereocenters. The van der Waals surface area contributed by atoms with Crippen LogP contribution in [0, 0.1) is 0 Å². The van der Waals surface area contributed by atoms with Crippen LogP contribution >= 0.6 is 0 Å². The van der Waals surface area contributed by atoms with Gasteiger partial charge in [0.05, 0.1) is 0 Å². The Labute approximate surface area is 113 Å². The van der Waals surface area contributed by atoms with Crippen molar-refractivity contribution in [3.05, 3.63) is 30.3 Å². The van der Waals surface area contributed by atoms with Crippen molar-refractivity contribution in [3.63, 3.8) is 0 Å². The van der Waals surface area contributed by atoms with Crippen LogP contribution in [0.1, 0.15) is 6.92 Å². The molecule has 0 aliphatic rings. The minimum Gasteiger partial charge on any atom is -0.481 e. The van der Waals surface area contributed by atoms with E-state index in [2.05, 4.69) is 4.74 Å². The average Bonchev–Trinajstić information content (AvgIpc) is 2.37. The van der Waals surface area contributed by atoms with Crippen molar-refractivity contribution < 1.29 is 39.5 Å². The molecule has 110 valence electrons. The van der Waals surface area contributed by atoms with Crippen molar-refractivity contribution in [1.29, 1.82) is 0 Å². The number of carboxylic acids is 2. The molecule has 2 atom stereocenters. The number of benzene rings is 1. The first-order chi connectivity index (χ1) is 9.25. The number of ether oxygens (including phenoxy) is 1. The van der Waals surface area contributed by atoms with Crippen molar-refractivity contribution in [3.8, 4) is 5.75 Å². The normalized spacial score (nSPS) is 12.3. The Balaban J connectivity index is 0.000000796. The predicted octanol–water partition coefficient (Wildman–Crippen LogP) is -0.511. The van der Waals surface area contributed by atoms with Gasteiger partial charge in [0.15, 0.2) is 12.2 Å². The van der Waals surface area contributed by atoms with Crippen molar-refractivity contribution in [2.24, 2.45) is 0 Å². The molecule has 4 N–H and O–H groups in total. The number of aliphatic hydroxyl groups excluding tert-OH is 2. The van der Waals surface area contributed by atoms with Crippen molar-refractivity contribution in [2.45, 2.75) is 19.1 Å². The summed E-state index contributed by atoms with van der Waals surface area (Å²) in [5.74, 6) is -3.59. The van der Waals surface area contributed by atoms with E-state index in [9.17, 15) is 9.59 Å². The summed E-state index contributed by atoms with van der Waals surface area (Å²) in [6, 6.07) is 7.81. The number of hydrogen-bond acceptors (Lipinski definition) is 6. The molecule has 1 rings (SSSR count). The Morgan fingerprint density at radius 1 is 1.00 bits per heavy atom. The van der Waals surface area contributed by atoms with E-state index in [1.807, 2.05) is 0 Å². The summed E-state index contributed by atoms with van der Waals surface area (Å²) in [6.07, 6.45) is -4.31. The number of carbonyl (C=O) groups is 3. The van der Waals surface area contributed by atoms with E-state index in [1.165, 1.54) is 12.1 Å². The molecule has 0 saturated heterocycles. The fourth-order valence-electron chi connectivity index (χ4n) is 0.929. The molecule has 8 nitrogen and oxygen atoms in total. The number of esters is 1. The van der Waals surface area contributed by atoms with Crippen molar-refractivity contribution >= 4 is 17.9 Å². The number of para-hydroxylation sites is 1. The second-order valence-electron chi connectivity index (χ2n) is 3.48. The fraction of sp³-hybridized carbons (Fsp3) is 0.250. The van der Waals surface area contributed by atoms with Crippen LogP contribution in [-0.4, -0.2) is 50.5 Å². The number of aliphatic carboxylic acids is 2. The van der Waals surface area contributed by atoms with Crippen LogP contribution in [0.15, 0.2) is 30.3 Å². The van der Waals surface area contributed by atoms with Crippen LogP contribution in [0.3, 0.4) is 0 Å². The van der Waals surface area contributed by atoms with Crippen LogP contribution in [0.5, 0.6) is 5.75 Å². The standard InChI is InChI=1S/C10H10O6.C2H4O2/c11-7(9(13)14)8(12)10(15)16-6-4-2-1-3-5-6;1-2(3)4/h1-5,7-8,11-12H,(H,13,14);1H3,(H,3,4). The summed E-state index contributed by atoms with van der Waals surface area (Å²) < 4.78 is 4.64. The zero-order chi connectivity index (χ0) is 15.7. The lowest BCUT2D eigenvalue weighted by atomic mass is 10.2. The Morgan fingerprint density at radius 2 is 1.45 bits per heavy atom. The molecule has 0 saturated carbocycles. The zero-order valence-corrected chi connectivity index (χ0v) is 10.5. The third-order valence-corrected chi connectivity index (χ3v) is 1.76. The highest BCUT2D eigenvalue weighted by Crippen LogP contribution is 2.10. The van der Waals surface area contributed by atoms with E-state index in [-0.39, 0.29) is 5.75 Å². The summed E-state index contributed by atoms with van der Waals surface area (Å²) in [5, 5.41) is 33.8. The zero-order valence-electron chi connectivity index (χ0n) is 10.5. The molecule has 1 aromatic carbocycles. The first kappa shape index (κ1) is 17.6. The quantitative estimate of drug-likeness (QED) is 0.428. The monoisotopic (exact) mass is 286 g/mol. The highest BCUT2D eigenvalue weighted by atomic mass is 16.6. The maximum Gasteiger partial charge on any atom is 0.343 e. The second-order valence-corrected chi connectivity index (χ2v) is 3.48. The van der Waals surface area contributed by atoms with Crippen LogP contribution in [0.25, 0.3) is 0 Å². The van der Waals surface area contributed by atoms with Crippen LogP contribution in [-0.2, 0) is 14.4 Å². The molecule has 0 aliphatic carbocycles. The Morgan fingerprint density at radius 3 is 1.85 bits per heavy atom. The molecule has 1 aromatic rings. The van der Waals surface area contributed by atoms with E-state index in [4.69, 9.17) is 25.2 Å². The van der Waals surface area contributed by atoms with Gasteiger partial charge >= 0.3 is 11.9 Å². The SMILES string of the molecule is CC(=O)O.O=C(O)C(O)C(O)C(=O)Oc1ccccc1. The van der Waals surface area contributed by atoms with Gasteiger partial charge in [0.25, 0.3) is 5.97 Å². The van der Waals surface area contributed by atoms with Gasteiger partial charge in [0.1, 0.15) is 5.75 Å². The molecule has 0 aromatic heterocycles. The number of aliphatic hydroxyl groups is 2. The molecule has 0 radical (unpaired) electrons. The first-order valence-electron chi connectivity index (χ1n) is 5.31. The topological polar surface area (TPSA) is 141 Å². The van der Waals surface area contributed by atoms with Crippen molar-refractivity contribution in [1.82, 2.24) is 0 Å². The molecular weight excluding hydrogens is 272 g/mol. The van der Waals surface area contributed by atoms with E-state index in [0.717, 1.165) is 6.92 Å². The summed E-state index contributed by atoms with van der Waals surface area (Å²) in [7, 11) is 0. The number of rotatable bonds is 4. The highest BCUT2D eigenvalue weighted by Gasteiger charge is 2.31. The highest BCUT2D eigenvalue weighted by molar-refractivity contribution is 5.85. The van der Waals surface area contributed by atoms with Gasteiger partial charge in [-0.2, -0.15) is 0 Å². The Bertz CT molecular complexity index is 452. The van der Waals surface area contributed by atoms with Gasteiger partial charge in [0.2, 0.25) is 0 Å². The first-order valence-corrected chi connectivity index (χ1v) is 5.31. The van der Waals surface area contributed by atoms with E-state index < -0.39 is 30.1 Å². The lowest BCUT2D eigenvalue weighted by molar-refractivity contribution is -0.164. The Kier molecular flexibility index (Phi) is 7.56. The van der Waals surface area contributed by atoms with Gasteiger partial charge < -0.3 is 25.2 Å². The molecule has 8 heteroatoms. The van der Waals surface area contributed by atoms with Crippen molar-refractivity contribution in [2.75, 3.05) is 0 Å². The van der Waals surface area contributed by atoms with Crippen LogP contribution in [0.2, 0.25) is 0 Å². The van der Waals surface area contributed by atoms with Crippen LogP contribution < -0.4 is 4.74 Å². The van der Waals surface area contributed by atoms with Gasteiger partial charge in [-0.25, -0.2) is 9.59 Å². The molecule has 20 heavy (non-hydrogen) atoms. The molecular formula is C12H14O8. The summed E-state index contributed by atoms with van der Waals surface area (Å²) in [4.78, 5) is 30.4. The largest absolute Gasteiger partial charge is 0.481 e. The molecule has 0 fully saturated rings. The Hall–Kier alpha value is -2.45. The summed E-state index contributed by atoms with van der Waals surface area (Å²) >= 11 is 0. The minimum absolute atomic E-state index is 0.157. The van der Waals surface area contributed by atoms with Crippen LogP contribution in [0.4, 0.5) is 0 Å². The maximum absolute atomic E-state index is 11.2. The number of carbonyl (C=O) groups excluding carboxylic acids is 1. The molecule has 0 aliphatic heterocycles. The van der Waals surface area contributed by atoms with E-state index >= 15 is 0 Å². The van der Waals surface area contributed by atoms with Gasteiger partial charge in [-0.3, -0.25) is 4.79 Å². The lowest BCUT2D eigenvalue weighted by Crippen LogP contribution is -2.41. The summed E-state index contributed by atoms with van der Waals surface area (Å²) in [5.41, 5.74) is 0. The second kappa shape index (κ2) is 8.62. The van der Waals surface area contributed by atoms with Gasteiger partial charge in [-0.1, -0.05) is 18.2 Å². The maximum atomic E-state index is 11.2. The average molecular weight is 286 g/mol. The number of hydrogen-bond donors (Lipinski definition) is 4. The van der Waals surface area contributed by atoms with E-state index in [1.54, 1.807) is 18.2 Å². The number of carboxylic acid groups (broad SMARTS) is 2. The van der Waals surface area contributed by atoms with Gasteiger partial charge in [-0.05, 0) is 12.1 Å². The van der Waals surface area contributed by atoms with Gasteiger partial charge in [0, 0.05) is 6.92 Å². The van der Waals surface area contributed by atoms with Gasteiger partial charge in [-0.15, -0.1) is 0 Å². The minimum atomic E-state index is -2.20. The molecule has 0 bridgehead atoms. The fourth-order valence-corrected chi connectivity index (χ4v) is 0.929. The molecule has 0 spiro atoms. The van der Waals surface area contributed by atoms with E-state index in [0.29, 0.717) is 0 Å². The lowest BCUT2D eigenvalue weighted by Gasteiger charge is -2.12. The molecule has 0 amide bonds. The third kappa shape index (κ3) is 7.09. The smallest absolute Gasteiger partial charge is 0.343 e.